The molecule has 1 aliphatic heterocycles. The predicted molar refractivity (Wildman–Crippen MR) is 95.9 cm³/mol. The summed E-state index contributed by atoms with van der Waals surface area (Å²) in [6, 6.07) is 3.77. The van der Waals surface area contributed by atoms with Gasteiger partial charge < -0.3 is 8.98 Å². The Labute approximate surface area is 154 Å². The lowest BCUT2D eigenvalue weighted by Gasteiger charge is -2.14. The monoisotopic (exact) mass is 434 g/mol. The van der Waals surface area contributed by atoms with Crippen molar-refractivity contribution in [3.8, 4) is 0 Å². The average molecular weight is 435 g/mol. The fourth-order valence-electron chi connectivity index (χ4n) is 2.93. The molecule has 132 valence electrons. The molecule has 1 aliphatic rings. The van der Waals surface area contributed by atoms with E-state index in [1.165, 1.54) is 0 Å². The Kier molecular flexibility index (Phi) is 5.01. The van der Waals surface area contributed by atoms with Crippen LogP contribution in [-0.4, -0.2) is 46.2 Å². The van der Waals surface area contributed by atoms with Crippen LogP contribution in [0.1, 0.15) is 23.9 Å². The van der Waals surface area contributed by atoms with E-state index in [0.29, 0.717) is 29.1 Å². The minimum absolute atomic E-state index is 0.0747. The molecule has 3 heterocycles. The van der Waals surface area contributed by atoms with E-state index < -0.39 is 9.84 Å². The van der Waals surface area contributed by atoms with Crippen molar-refractivity contribution in [3.63, 3.8) is 0 Å². The van der Waals surface area contributed by atoms with Crippen LogP contribution in [0.3, 0.4) is 0 Å². The van der Waals surface area contributed by atoms with Crippen LogP contribution in [0.25, 0.3) is 0 Å². The van der Waals surface area contributed by atoms with Crippen LogP contribution >= 0.6 is 28.1 Å². The first kappa shape index (κ1) is 17.8. The van der Waals surface area contributed by atoms with Crippen LogP contribution in [0, 0.1) is 4.77 Å². The van der Waals surface area contributed by atoms with Crippen molar-refractivity contribution in [2.75, 3.05) is 18.6 Å². The third kappa shape index (κ3) is 3.81. The SMILES string of the molecule is CN(Cc1ccc(Br)o1)Cn1nc(C2CCS(=O)(=O)C2)n(C)c1=S. The predicted octanol–water partition coefficient (Wildman–Crippen LogP) is 2.30. The number of nitrogens with zero attached hydrogens (tertiary/aromatic N) is 4. The second-order valence-electron chi connectivity index (χ2n) is 6.16. The third-order valence-corrected chi connectivity index (χ3v) is 6.78. The van der Waals surface area contributed by atoms with Crippen molar-refractivity contribution < 1.29 is 12.8 Å². The Morgan fingerprint density at radius 1 is 1.50 bits per heavy atom. The van der Waals surface area contributed by atoms with E-state index >= 15 is 0 Å². The molecular formula is C14H19BrN4O3S2. The van der Waals surface area contributed by atoms with E-state index in [1.807, 2.05) is 35.7 Å². The van der Waals surface area contributed by atoms with Crippen molar-refractivity contribution in [2.24, 2.45) is 7.05 Å². The van der Waals surface area contributed by atoms with Crippen molar-refractivity contribution in [2.45, 2.75) is 25.6 Å². The molecule has 10 heteroatoms. The lowest BCUT2D eigenvalue weighted by atomic mass is 10.1. The molecule has 0 aromatic carbocycles. The maximum atomic E-state index is 11.7. The van der Waals surface area contributed by atoms with Crippen LogP contribution in [0.2, 0.25) is 0 Å². The Morgan fingerprint density at radius 3 is 2.83 bits per heavy atom. The molecule has 0 amide bonds. The third-order valence-electron chi connectivity index (χ3n) is 4.10. The van der Waals surface area contributed by atoms with E-state index in [9.17, 15) is 8.42 Å². The van der Waals surface area contributed by atoms with Gasteiger partial charge in [-0.3, -0.25) is 4.90 Å². The number of hydrogen-bond acceptors (Lipinski definition) is 6. The Balaban J connectivity index is 1.75. The summed E-state index contributed by atoms with van der Waals surface area (Å²) < 4.78 is 33.7. The maximum absolute atomic E-state index is 11.7. The first-order valence-electron chi connectivity index (χ1n) is 7.52. The van der Waals surface area contributed by atoms with Crippen molar-refractivity contribution in [3.05, 3.63) is 33.2 Å². The first-order chi connectivity index (χ1) is 11.2. The number of furan rings is 1. The molecule has 0 bridgehead atoms. The molecule has 0 saturated carbocycles. The largest absolute Gasteiger partial charge is 0.453 e. The molecule has 1 fully saturated rings. The topological polar surface area (TPSA) is 73.3 Å². The van der Waals surface area contributed by atoms with Crippen molar-refractivity contribution >= 4 is 38.0 Å². The molecule has 24 heavy (non-hydrogen) atoms. The van der Waals surface area contributed by atoms with E-state index in [2.05, 4.69) is 21.0 Å². The molecule has 2 aromatic heterocycles. The van der Waals surface area contributed by atoms with Crippen LogP contribution in [0.15, 0.2) is 21.2 Å². The Morgan fingerprint density at radius 2 is 2.25 bits per heavy atom. The van der Waals surface area contributed by atoms with Gasteiger partial charge in [-0.05, 0) is 53.7 Å². The van der Waals surface area contributed by atoms with Gasteiger partial charge in [-0.2, -0.15) is 5.10 Å². The molecule has 1 atom stereocenters. The summed E-state index contributed by atoms with van der Waals surface area (Å²) >= 11 is 8.74. The molecule has 1 saturated heterocycles. The summed E-state index contributed by atoms with van der Waals surface area (Å²) in [4.78, 5) is 2.03. The van der Waals surface area contributed by atoms with Gasteiger partial charge in [0.1, 0.15) is 11.6 Å². The minimum Gasteiger partial charge on any atom is -0.453 e. The van der Waals surface area contributed by atoms with Crippen LogP contribution in [-0.2, 0) is 30.1 Å². The van der Waals surface area contributed by atoms with Gasteiger partial charge in [-0.15, -0.1) is 0 Å². The molecule has 7 nitrogen and oxygen atoms in total. The van der Waals surface area contributed by atoms with Crippen molar-refractivity contribution in [1.29, 1.82) is 0 Å². The minimum atomic E-state index is -2.95. The van der Waals surface area contributed by atoms with Gasteiger partial charge in [0.2, 0.25) is 0 Å². The Bertz CT molecular complexity index is 900. The van der Waals surface area contributed by atoms with Gasteiger partial charge in [-0.1, -0.05) is 0 Å². The zero-order valence-corrected chi connectivity index (χ0v) is 16.7. The zero-order valence-electron chi connectivity index (χ0n) is 13.5. The van der Waals surface area contributed by atoms with E-state index in [-0.39, 0.29) is 17.4 Å². The lowest BCUT2D eigenvalue weighted by Crippen LogP contribution is -2.22. The maximum Gasteiger partial charge on any atom is 0.198 e. The number of halogens is 1. The molecule has 0 radical (unpaired) electrons. The van der Waals surface area contributed by atoms with Gasteiger partial charge in [0.25, 0.3) is 0 Å². The van der Waals surface area contributed by atoms with Gasteiger partial charge in [0.05, 0.1) is 24.7 Å². The quantitative estimate of drug-likeness (QED) is 0.672. The highest BCUT2D eigenvalue weighted by Gasteiger charge is 2.32. The summed E-state index contributed by atoms with van der Waals surface area (Å²) in [5, 5.41) is 4.57. The number of aromatic nitrogens is 3. The molecule has 0 spiro atoms. The van der Waals surface area contributed by atoms with Gasteiger partial charge >= 0.3 is 0 Å². The van der Waals surface area contributed by atoms with Gasteiger partial charge in [0.15, 0.2) is 19.3 Å². The summed E-state index contributed by atoms with van der Waals surface area (Å²) in [6.07, 6.45) is 0.609. The van der Waals surface area contributed by atoms with Crippen LogP contribution in [0.5, 0.6) is 0 Å². The highest BCUT2D eigenvalue weighted by Crippen LogP contribution is 2.27. The average Bonchev–Trinajstić information content (AvgIpc) is 3.13. The number of sulfone groups is 1. The van der Waals surface area contributed by atoms with Crippen LogP contribution < -0.4 is 0 Å². The smallest absolute Gasteiger partial charge is 0.198 e. The van der Waals surface area contributed by atoms with E-state index in [0.717, 1.165) is 11.6 Å². The van der Waals surface area contributed by atoms with E-state index in [4.69, 9.17) is 16.6 Å². The fraction of sp³-hybridized carbons (Fsp3) is 0.571. The summed E-state index contributed by atoms with van der Waals surface area (Å²) in [5.41, 5.74) is 0. The highest BCUT2D eigenvalue weighted by atomic mass is 79.9. The Hall–Kier alpha value is -0.970. The molecule has 2 aromatic rings. The van der Waals surface area contributed by atoms with Crippen molar-refractivity contribution in [1.82, 2.24) is 19.2 Å². The zero-order chi connectivity index (χ0) is 17.5. The van der Waals surface area contributed by atoms with Gasteiger partial charge in [0, 0.05) is 13.0 Å². The second-order valence-corrected chi connectivity index (χ2v) is 9.54. The molecule has 0 N–H and O–H groups in total. The summed E-state index contributed by atoms with van der Waals surface area (Å²) in [6.45, 7) is 1.13. The number of hydrogen-bond donors (Lipinski definition) is 0. The van der Waals surface area contributed by atoms with Crippen LogP contribution in [0.4, 0.5) is 0 Å². The molecule has 3 rings (SSSR count). The lowest BCUT2D eigenvalue weighted by molar-refractivity contribution is 0.224. The molecule has 0 aliphatic carbocycles. The number of rotatable bonds is 5. The fourth-order valence-corrected chi connectivity index (χ4v) is 5.20. The van der Waals surface area contributed by atoms with E-state index in [1.54, 1.807) is 4.68 Å². The standard InChI is InChI=1S/C14H19BrN4O3S2/c1-17(7-11-3-4-12(15)22-11)9-19-14(23)18(2)13(16-19)10-5-6-24(20,21)8-10/h3-4,10H,5-9H2,1-2H3. The second kappa shape index (κ2) is 6.74. The van der Waals surface area contributed by atoms with Gasteiger partial charge in [-0.25, -0.2) is 13.1 Å². The summed E-state index contributed by atoms with van der Waals surface area (Å²) in [5.74, 6) is 1.89. The molecule has 1 unspecified atom stereocenters. The first-order valence-corrected chi connectivity index (χ1v) is 10.5. The molecular weight excluding hydrogens is 416 g/mol. The highest BCUT2D eigenvalue weighted by molar-refractivity contribution is 9.10. The normalized spacial score (nSPS) is 20.1. The summed E-state index contributed by atoms with van der Waals surface area (Å²) in [7, 11) is 0.845.